The molecule has 1 aliphatic rings. The number of hydrogen-bond donors (Lipinski definition) is 2. The van der Waals surface area contributed by atoms with Crippen LogP contribution in [0.1, 0.15) is 24.8 Å². The van der Waals surface area contributed by atoms with Crippen LogP contribution in [-0.2, 0) is 9.59 Å². The molecule has 5 nitrogen and oxygen atoms in total. The maximum Gasteiger partial charge on any atom is 0.239 e. The smallest absolute Gasteiger partial charge is 0.239 e. The Morgan fingerprint density at radius 2 is 2.15 bits per heavy atom. The van der Waals surface area contributed by atoms with Gasteiger partial charge in [0.15, 0.2) is 0 Å². The van der Waals surface area contributed by atoms with Crippen LogP contribution in [0.25, 0.3) is 0 Å². The second-order valence-corrected chi connectivity index (χ2v) is 4.95. The molecule has 0 bridgehead atoms. The zero-order chi connectivity index (χ0) is 14.5. The van der Waals surface area contributed by atoms with E-state index in [4.69, 9.17) is 0 Å². The van der Waals surface area contributed by atoms with Gasteiger partial charge in [0, 0.05) is 38.2 Å². The molecule has 0 aromatic heterocycles. The Hall–Kier alpha value is -2.04. The Kier molecular flexibility index (Phi) is 4.61. The third-order valence-electron chi connectivity index (χ3n) is 3.71. The highest BCUT2D eigenvalue weighted by Crippen LogP contribution is 2.33. The largest absolute Gasteiger partial charge is 0.384 e. The number of para-hydroxylation sites is 1. The van der Waals surface area contributed by atoms with E-state index in [1.165, 1.54) is 5.56 Å². The number of likely N-dealkylation sites (N-methyl/N-ethyl adjacent to an activating group) is 2. The molecule has 108 valence electrons. The molecule has 0 spiro atoms. The molecule has 0 fully saturated rings. The molecule has 0 saturated carbocycles. The molecule has 2 amide bonds. The molecule has 2 N–H and O–H groups in total. The fraction of sp³-hybridized carbons (Fsp3) is 0.467. The van der Waals surface area contributed by atoms with Crippen molar-refractivity contribution in [3.05, 3.63) is 29.8 Å². The van der Waals surface area contributed by atoms with Gasteiger partial charge in [-0.3, -0.25) is 9.59 Å². The van der Waals surface area contributed by atoms with E-state index in [2.05, 4.69) is 16.7 Å². The average molecular weight is 275 g/mol. The molecule has 0 aliphatic carbocycles. The van der Waals surface area contributed by atoms with Crippen molar-refractivity contribution in [2.75, 3.05) is 32.0 Å². The van der Waals surface area contributed by atoms with Crippen LogP contribution in [0.5, 0.6) is 0 Å². The number of fused-ring (bicyclic) bond motifs is 1. The summed E-state index contributed by atoms with van der Waals surface area (Å²) in [5.74, 6) is 0.0854. The molecule has 1 unspecified atom stereocenters. The van der Waals surface area contributed by atoms with Gasteiger partial charge in [-0.25, -0.2) is 0 Å². The lowest BCUT2D eigenvalue weighted by atomic mass is 9.97. The number of benzene rings is 1. The third-order valence-corrected chi connectivity index (χ3v) is 3.71. The van der Waals surface area contributed by atoms with E-state index < -0.39 is 0 Å². The van der Waals surface area contributed by atoms with Crippen LogP contribution in [0.15, 0.2) is 24.3 Å². The van der Waals surface area contributed by atoms with Crippen LogP contribution in [-0.4, -0.2) is 43.4 Å². The Morgan fingerprint density at radius 1 is 1.40 bits per heavy atom. The minimum atomic E-state index is -0.134. The maximum atomic E-state index is 12.3. The minimum absolute atomic E-state index is 0.0274. The van der Waals surface area contributed by atoms with Gasteiger partial charge in [-0.1, -0.05) is 18.2 Å². The van der Waals surface area contributed by atoms with Crippen LogP contribution >= 0.6 is 0 Å². The molecule has 0 saturated heterocycles. The number of carbonyl (C=O) groups excluding carboxylic acids is 2. The number of amides is 2. The van der Waals surface area contributed by atoms with Crippen molar-refractivity contribution in [1.82, 2.24) is 10.2 Å². The van der Waals surface area contributed by atoms with Crippen LogP contribution in [0, 0.1) is 0 Å². The third kappa shape index (κ3) is 3.10. The molecule has 1 aromatic rings. The summed E-state index contributed by atoms with van der Waals surface area (Å²) in [7, 11) is 1.58. The molecule has 1 aromatic carbocycles. The van der Waals surface area contributed by atoms with Gasteiger partial charge in [-0.2, -0.15) is 0 Å². The maximum absolute atomic E-state index is 12.3. The average Bonchev–Trinajstić information content (AvgIpc) is 2.87. The molecule has 0 radical (unpaired) electrons. The number of hydrogen-bond acceptors (Lipinski definition) is 3. The second-order valence-electron chi connectivity index (χ2n) is 4.95. The number of carbonyl (C=O) groups is 2. The molecular formula is C15H21N3O2. The predicted octanol–water partition coefficient (Wildman–Crippen LogP) is 1.18. The van der Waals surface area contributed by atoms with E-state index in [-0.39, 0.29) is 24.3 Å². The molecule has 1 atom stereocenters. The number of nitrogens with one attached hydrogen (secondary N) is 2. The summed E-state index contributed by atoms with van der Waals surface area (Å²) in [6.45, 7) is 3.35. The highest BCUT2D eigenvalue weighted by molar-refractivity contribution is 5.85. The van der Waals surface area contributed by atoms with Gasteiger partial charge in [-0.05, 0) is 18.6 Å². The van der Waals surface area contributed by atoms with Gasteiger partial charge < -0.3 is 15.5 Å². The first-order valence-corrected chi connectivity index (χ1v) is 6.96. The zero-order valence-corrected chi connectivity index (χ0v) is 12.0. The van der Waals surface area contributed by atoms with E-state index in [0.717, 1.165) is 12.2 Å². The fourth-order valence-electron chi connectivity index (χ4n) is 2.51. The van der Waals surface area contributed by atoms with Crippen molar-refractivity contribution < 1.29 is 9.59 Å². The highest BCUT2D eigenvalue weighted by atomic mass is 16.2. The van der Waals surface area contributed by atoms with E-state index in [0.29, 0.717) is 13.0 Å². The van der Waals surface area contributed by atoms with Crippen molar-refractivity contribution in [2.24, 2.45) is 0 Å². The molecule has 1 heterocycles. The Morgan fingerprint density at radius 3 is 2.85 bits per heavy atom. The molecule has 2 rings (SSSR count). The first-order chi connectivity index (χ1) is 9.65. The Balaban J connectivity index is 1.99. The zero-order valence-electron chi connectivity index (χ0n) is 12.0. The number of anilines is 1. The summed E-state index contributed by atoms with van der Waals surface area (Å²) >= 11 is 0. The lowest BCUT2D eigenvalue weighted by molar-refractivity contribution is -0.136. The Labute approximate surface area is 119 Å². The summed E-state index contributed by atoms with van der Waals surface area (Å²) < 4.78 is 0. The van der Waals surface area contributed by atoms with Gasteiger partial charge in [-0.15, -0.1) is 0 Å². The van der Waals surface area contributed by atoms with Crippen LogP contribution in [0.2, 0.25) is 0 Å². The fourth-order valence-corrected chi connectivity index (χ4v) is 2.51. The standard InChI is InChI=1S/C15H21N3O2/c1-3-18(10-14(19)16-2)15(20)8-11-9-17-13-7-5-4-6-12(11)13/h4-7,11,17H,3,8-10H2,1-2H3,(H,16,19). The molecule has 5 heteroatoms. The molecular weight excluding hydrogens is 254 g/mol. The first kappa shape index (κ1) is 14.4. The quantitative estimate of drug-likeness (QED) is 0.848. The number of nitrogens with zero attached hydrogens (tertiary/aromatic N) is 1. The van der Waals surface area contributed by atoms with E-state index in [1.54, 1.807) is 11.9 Å². The summed E-state index contributed by atoms with van der Waals surface area (Å²) in [6.07, 6.45) is 0.439. The van der Waals surface area contributed by atoms with E-state index in [9.17, 15) is 9.59 Å². The summed E-state index contributed by atoms with van der Waals surface area (Å²) in [6, 6.07) is 8.07. The second kappa shape index (κ2) is 6.41. The monoisotopic (exact) mass is 275 g/mol. The lowest BCUT2D eigenvalue weighted by Gasteiger charge is -2.21. The minimum Gasteiger partial charge on any atom is -0.384 e. The topological polar surface area (TPSA) is 61.4 Å². The highest BCUT2D eigenvalue weighted by Gasteiger charge is 2.26. The molecule has 20 heavy (non-hydrogen) atoms. The van der Waals surface area contributed by atoms with Crippen molar-refractivity contribution >= 4 is 17.5 Å². The number of rotatable bonds is 5. The van der Waals surface area contributed by atoms with Crippen molar-refractivity contribution in [2.45, 2.75) is 19.3 Å². The summed E-state index contributed by atoms with van der Waals surface area (Å²) in [5, 5.41) is 5.86. The summed E-state index contributed by atoms with van der Waals surface area (Å²) in [4.78, 5) is 25.3. The van der Waals surface area contributed by atoms with Gasteiger partial charge >= 0.3 is 0 Å². The van der Waals surface area contributed by atoms with Crippen molar-refractivity contribution in [3.8, 4) is 0 Å². The van der Waals surface area contributed by atoms with E-state index >= 15 is 0 Å². The molecule has 1 aliphatic heterocycles. The first-order valence-electron chi connectivity index (χ1n) is 6.96. The predicted molar refractivity (Wildman–Crippen MR) is 78.6 cm³/mol. The van der Waals surface area contributed by atoms with Gasteiger partial charge in [0.1, 0.15) is 0 Å². The van der Waals surface area contributed by atoms with Gasteiger partial charge in [0.05, 0.1) is 6.54 Å². The Bertz CT molecular complexity index is 502. The summed E-state index contributed by atoms with van der Waals surface area (Å²) in [5.41, 5.74) is 2.30. The van der Waals surface area contributed by atoms with Crippen molar-refractivity contribution in [3.63, 3.8) is 0 Å². The van der Waals surface area contributed by atoms with Gasteiger partial charge in [0.25, 0.3) is 0 Å². The van der Waals surface area contributed by atoms with Crippen LogP contribution in [0.4, 0.5) is 5.69 Å². The SMILES string of the molecule is CCN(CC(=O)NC)C(=O)CC1CNc2ccccc21. The van der Waals surface area contributed by atoms with Crippen molar-refractivity contribution in [1.29, 1.82) is 0 Å². The normalized spacial score (nSPS) is 16.2. The lowest BCUT2D eigenvalue weighted by Crippen LogP contribution is -2.40. The van der Waals surface area contributed by atoms with E-state index in [1.807, 2.05) is 25.1 Å². The van der Waals surface area contributed by atoms with Crippen LogP contribution < -0.4 is 10.6 Å². The van der Waals surface area contributed by atoms with Gasteiger partial charge in [0.2, 0.25) is 11.8 Å². The van der Waals surface area contributed by atoms with Crippen LogP contribution in [0.3, 0.4) is 0 Å².